The van der Waals surface area contributed by atoms with Gasteiger partial charge in [0.2, 0.25) is 11.8 Å². The maximum Gasteiger partial charge on any atom is 0.240 e. The number of nitrogens with two attached hydrogens (primary N) is 1. The smallest absolute Gasteiger partial charge is 0.240 e. The molecule has 0 aliphatic heterocycles. The molecule has 0 unspecified atom stereocenters. The highest BCUT2D eigenvalue weighted by Crippen LogP contribution is 2.27. The van der Waals surface area contributed by atoms with Crippen LogP contribution in [0.2, 0.25) is 0 Å². The number of aryl methyl sites for hydroxylation is 2. The Morgan fingerprint density at radius 1 is 1.10 bits per heavy atom. The van der Waals surface area contributed by atoms with Gasteiger partial charge in [0.15, 0.2) is 0 Å². The molecule has 4 nitrogen and oxygen atoms in total. The number of nitrogen functional groups attached to an aromatic ring is 1. The number of ether oxygens (including phenoxy) is 2. The van der Waals surface area contributed by atoms with Gasteiger partial charge in [0.05, 0.1) is 12.3 Å². The van der Waals surface area contributed by atoms with E-state index in [-0.39, 0.29) is 0 Å². The Morgan fingerprint density at radius 2 is 1.90 bits per heavy atom. The van der Waals surface area contributed by atoms with Gasteiger partial charge < -0.3 is 15.2 Å². The predicted molar refractivity (Wildman–Crippen MR) is 80.4 cm³/mol. The standard InChI is InChI=1S/C16H20N2O2/c1-4-9-19-16-14(17)7-8-15(18-16)20-13-6-5-11(2)12(3)10-13/h5-8,10H,4,9,17H2,1-3H3. The largest absolute Gasteiger partial charge is 0.476 e. The summed E-state index contributed by atoms with van der Waals surface area (Å²) in [5.74, 6) is 1.66. The van der Waals surface area contributed by atoms with E-state index in [0.717, 1.165) is 12.2 Å². The number of pyridine rings is 1. The number of hydrogen-bond donors (Lipinski definition) is 1. The van der Waals surface area contributed by atoms with Crippen molar-refractivity contribution in [1.29, 1.82) is 0 Å². The van der Waals surface area contributed by atoms with E-state index in [0.29, 0.717) is 24.1 Å². The Bertz CT molecular complexity index is 597. The minimum atomic E-state index is 0.424. The van der Waals surface area contributed by atoms with Crippen LogP contribution in [0.4, 0.5) is 5.69 Å². The highest BCUT2D eigenvalue weighted by Gasteiger charge is 2.06. The van der Waals surface area contributed by atoms with Crippen molar-refractivity contribution < 1.29 is 9.47 Å². The van der Waals surface area contributed by atoms with E-state index >= 15 is 0 Å². The zero-order valence-corrected chi connectivity index (χ0v) is 12.1. The van der Waals surface area contributed by atoms with E-state index in [1.54, 1.807) is 12.1 Å². The van der Waals surface area contributed by atoms with Crippen LogP contribution in [0, 0.1) is 13.8 Å². The fourth-order valence-corrected chi connectivity index (χ4v) is 1.70. The molecule has 0 amide bonds. The minimum Gasteiger partial charge on any atom is -0.476 e. The second-order valence-electron chi connectivity index (χ2n) is 4.74. The second-order valence-corrected chi connectivity index (χ2v) is 4.74. The fraction of sp³-hybridized carbons (Fsp3) is 0.312. The number of benzene rings is 1. The van der Waals surface area contributed by atoms with Crippen LogP contribution in [0.1, 0.15) is 24.5 Å². The molecule has 0 bridgehead atoms. The van der Waals surface area contributed by atoms with Crippen LogP contribution in [-0.2, 0) is 0 Å². The molecule has 0 saturated carbocycles. The quantitative estimate of drug-likeness (QED) is 0.897. The van der Waals surface area contributed by atoms with Crippen molar-refractivity contribution in [3.8, 4) is 17.5 Å². The molecule has 0 saturated heterocycles. The van der Waals surface area contributed by atoms with Gasteiger partial charge in [-0.05, 0) is 49.6 Å². The summed E-state index contributed by atoms with van der Waals surface area (Å²) in [5, 5.41) is 0. The predicted octanol–water partition coefficient (Wildman–Crippen LogP) is 3.86. The second kappa shape index (κ2) is 6.28. The van der Waals surface area contributed by atoms with Crippen molar-refractivity contribution >= 4 is 5.69 Å². The molecule has 0 spiro atoms. The first-order chi connectivity index (χ1) is 9.60. The Labute approximate surface area is 119 Å². The molecule has 0 aliphatic rings. The van der Waals surface area contributed by atoms with E-state index in [1.165, 1.54) is 11.1 Å². The zero-order valence-electron chi connectivity index (χ0n) is 12.1. The van der Waals surface area contributed by atoms with E-state index in [9.17, 15) is 0 Å². The third-order valence-electron chi connectivity index (χ3n) is 3.01. The topological polar surface area (TPSA) is 57.4 Å². The van der Waals surface area contributed by atoms with Crippen molar-refractivity contribution in [3.63, 3.8) is 0 Å². The van der Waals surface area contributed by atoms with Crippen LogP contribution in [0.3, 0.4) is 0 Å². The fourth-order valence-electron chi connectivity index (χ4n) is 1.70. The van der Waals surface area contributed by atoms with Crippen LogP contribution >= 0.6 is 0 Å². The molecule has 20 heavy (non-hydrogen) atoms. The van der Waals surface area contributed by atoms with E-state index in [4.69, 9.17) is 15.2 Å². The van der Waals surface area contributed by atoms with Gasteiger partial charge in [-0.3, -0.25) is 0 Å². The molecule has 2 aromatic rings. The molecule has 0 fully saturated rings. The number of rotatable bonds is 5. The number of nitrogens with zero attached hydrogens (tertiary/aromatic N) is 1. The van der Waals surface area contributed by atoms with Gasteiger partial charge in [0, 0.05) is 6.07 Å². The lowest BCUT2D eigenvalue weighted by molar-refractivity contribution is 0.302. The Hall–Kier alpha value is -2.23. The highest BCUT2D eigenvalue weighted by molar-refractivity contribution is 5.49. The van der Waals surface area contributed by atoms with E-state index in [2.05, 4.69) is 11.9 Å². The molecular formula is C16H20N2O2. The molecular weight excluding hydrogens is 252 g/mol. The van der Waals surface area contributed by atoms with Gasteiger partial charge in [-0.1, -0.05) is 13.0 Å². The van der Waals surface area contributed by atoms with Crippen LogP contribution in [0.15, 0.2) is 30.3 Å². The van der Waals surface area contributed by atoms with Gasteiger partial charge in [-0.15, -0.1) is 0 Å². The molecule has 0 radical (unpaired) electrons. The molecule has 1 heterocycles. The molecule has 106 valence electrons. The molecule has 1 aromatic heterocycles. The number of anilines is 1. The maximum atomic E-state index is 5.82. The number of hydrogen-bond acceptors (Lipinski definition) is 4. The number of aromatic nitrogens is 1. The third kappa shape index (κ3) is 3.41. The molecule has 2 rings (SSSR count). The maximum absolute atomic E-state index is 5.82. The first-order valence-corrected chi connectivity index (χ1v) is 6.74. The first kappa shape index (κ1) is 14.2. The Morgan fingerprint density at radius 3 is 2.60 bits per heavy atom. The van der Waals surface area contributed by atoms with Crippen molar-refractivity contribution in [1.82, 2.24) is 4.98 Å². The van der Waals surface area contributed by atoms with Gasteiger partial charge in [-0.2, -0.15) is 4.98 Å². The summed E-state index contributed by atoms with van der Waals surface area (Å²) < 4.78 is 11.2. The first-order valence-electron chi connectivity index (χ1n) is 6.74. The Balaban J connectivity index is 2.18. The van der Waals surface area contributed by atoms with Crippen LogP contribution in [0.25, 0.3) is 0 Å². The lowest BCUT2D eigenvalue weighted by atomic mass is 10.1. The Kier molecular flexibility index (Phi) is 4.45. The van der Waals surface area contributed by atoms with Gasteiger partial charge in [0.25, 0.3) is 0 Å². The third-order valence-corrected chi connectivity index (χ3v) is 3.01. The van der Waals surface area contributed by atoms with Crippen LogP contribution in [0.5, 0.6) is 17.5 Å². The normalized spacial score (nSPS) is 10.3. The summed E-state index contributed by atoms with van der Waals surface area (Å²) in [6.07, 6.45) is 0.906. The average molecular weight is 272 g/mol. The molecule has 0 aliphatic carbocycles. The highest BCUT2D eigenvalue weighted by atomic mass is 16.5. The van der Waals surface area contributed by atoms with Crippen LogP contribution in [-0.4, -0.2) is 11.6 Å². The average Bonchev–Trinajstić information content (AvgIpc) is 2.43. The van der Waals surface area contributed by atoms with Crippen LogP contribution < -0.4 is 15.2 Å². The lowest BCUT2D eigenvalue weighted by Gasteiger charge is -2.10. The molecule has 4 heteroatoms. The summed E-state index contributed by atoms with van der Waals surface area (Å²) in [7, 11) is 0. The van der Waals surface area contributed by atoms with Gasteiger partial charge >= 0.3 is 0 Å². The zero-order chi connectivity index (χ0) is 14.5. The van der Waals surface area contributed by atoms with Crippen molar-refractivity contribution in [2.45, 2.75) is 27.2 Å². The summed E-state index contributed by atoms with van der Waals surface area (Å²) in [5.41, 5.74) is 8.76. The summed E-state index contributed by atoms with van der Waals surface area (Å²) in [6, 6.07) is 9.42. The SMILES string of the molecule is CCCOc1nc(Oc2ccc(C)c(C)c2)ccc1N. The minimum absolute atomic E-state index is 0.424. The van der Waals surface area contributed by atoms with Gasteiger partial charge in [0.1, 0.15) is 5.75 Å². The van der Waals surface area contributed by atoms with E-state index < -0.39 is 0 Å². The van der Waals surface area contributed by atoms with Crippen molar-refractivity contribution in [3.05, 3.63) is 41.5 Å². The lowest BCUT2D eigenvalue weighted by Crippen LogP contribution is -2.02. The molecule has 0 atom stereocenters. The summed E-state index contributed by atoms with van der Waals surface area (Å²) in [6.45, 7) is 6.74. The van der Waals surface area contributed by atoms with Crippen molar-refractivity contribution in [2.24, 2.45) is 0 Å². The monoisotopic (exact) mass is 272 g/mol. The summed E-state index contributed by atoms with van der Waals surface area (Å²) in [4.78, 5) is 4.29. The summed E-state index contributed by atoms with van der Waals surface area (Å²) >= 11 is 0. The van der Waals surface area contributed by atoms with E-state index in [1.807, 2.05) is 32.0 Å². The van der Waals surface area contributed by atoms with Gasteiger partial charge in [-0.25, -0.2) is 0 Å². The van der Waals surface area contributed by atoms with Crippen molar-refractivity contribution in [2.75, 3.05) is 12.3 Å². The molecule has 2 N–H and O–H groups in total. The molecule has 1 aromatic carbocycles.